The van der Waals surface area contributed by atoms with Gasteiger partial charge in [-0.05, 0) is 37.3 Å². The number of carboxylic acids is 1. The molecule has 3 rings (SSSR count). The third kappa shape index (κ3) is 2.45. The number of nitrogens with zero attached hydrogens (tertiary/aromatic N) is 1. The minimum atomic E-state index is -0.903. The summed E-state index contributed by atoms with van der Waals surface area (Å²) >= 11 is 0. The van der Waals surface area contributed by atoms with Crippen LogP contribution in [0.5, 0.6) is 0 Å². The molecule has 3 atom stereocenters. The van der Waals surface area contributed by atoms with Gasteiger partial charge >= 0.3 is 5.97 Å². The lowest BCUT2D eigenvalue weighted by Gasteiger charge is -2.32. The van der Waals surface area contributed by atoms with E-state index in [0.29, 0.717) is 12.3 Å². The zero-order chi connectivity index (χ0) is 15.0. The van der Waals surface area contributed by atoms with Crippen molar-refractivity contribution in [3.63, 3.8) is 0 Å². The molecule has 0 aromatic carbocycles. The SMILES string of the molecule is CCc1ccc(C(=O)N2C(C(=O)O)CC3CCCCC32)o1. The van der Waals surface area contributed by atoms with Gasteiger partial charge in [0.15, 0.2) is 5.76 Å². The Morgan fingerprint density at radius 1 is 1.33 bits per heavy atom. The van der Waals surface area contributed by atoms with Crippen LogP contribution in [0.1, 0.15) is 55.3 Å². The molecule has 3 unspecified atom stereocenters. The molecular formula is C16H21NO4. The Kier molecular flexibility index (Phi) is 3.74. The third-order valence-electron chi connectivity index (χ3n) is 4.83. The second-order valence-electron chi connectivity index (χ2n) is 6.03. The minimum absolute atomic E-state index is 0.0579. The molecule has 1 saturated carbocycles. The molecule has 1 amide bonds. The third-order valence-corrected chi connectivity index (χ3v) is 4.83. The summed E-state index contributed by atoms with van der Waals surface area (Å²) < 4.78 is 5.53. The predicted molar refractivity (Wildman–Crippen MR) is 76.0 cm³/mol. The molecule has 0 radical (unpaired) electrons. The summed E-state index contributed by atoms with van der Waals surface area (Å²) in [7, 11) is 0. The van der Waals surface area contributed by atoms with E-state index in [1.807, 2.05) is 6.92 Å². The van der Waals surface area contributed by atoms with Gasteiger partial charge < -0.3 is 14.4 Å². The lowest BCUT2D eigenvalue weighted by Crippen LogP contribution is -2.46. The molecule has 2 fully saturated rings. The first-order valence-electron chi connectivity index (χ1n) is 7.76. The van der Waals surface area contributed by atoms with Crippen molar-refractivity contribution >= 4 is 11.9 Å². The first kappa shape index (κ1) is 14.2. The Hall–Kier alpha value is -1.78. The van der Waals surface area contributed by atoms with Gasteiger partial charge in [-0.2, -0.15) is 0 Å². The lowest BCUT2D eigenvalue weighted by atomic mass is 9.84. The van der Waals surface area contributed by atoms with Gasteiger partial charge in [0.1, 0.15) is 11.8 Å². The quantitative estimate of drug-likeness (QED) is 0.929. The Morgan fingerprint density at radius 2 is 2.10 bits per heavy atom. The monoisotopic (exact) mass is 291 g/mol. The van der Waals surface area contributed by atoms with Gasteiger partial charge in [-0.1, -0.05) is 19.8 Å². The van der Waals surface area contributed by atoms with Crippen molar-refractivity contribution in [3.8, 4) is 0 Å². The molecule has 5 heteroatoms. The molecule has 1 aromatic heterocycles. The molecule has 2 heterocycles. The second kappa shape index (κ2) is 5.54. The number of furan rings is 1. The Bertz CT molecular complexity index is 550. The highest BCUT2D eigenvalue weighted by Gasteiger charge is 2.48. The molecule has 0 bridgehead atoms. The van der Waals surface area contributed by atoms with Crippen molar-refractivity contribution in [3.05, 3.63) is 23.7 Å². The van der Waals surface area contributed by atoms with Crippen molar-refractivity contribution in [2.24, 2.45) is 5.92 Å². The molecule has 1 saturated heterocycles. The summed E-state index contributed by atoms with van der Waals surface area (Å²) in [4.78, 5) is 25.8. The number of carboxylic acid groups (broad SMARTS) is 1. The van der Waals surface area contributed by atoms with Crippen molar-refractivity contribution in [2.75, 3.05) is 0 Å². The number of aliphatic carboxylic acids is 1. The van der Waals surface area contributed by atoms with E-state index in [2.05, 4.69) is 0 Å². The number of likely N-dealkylation sites (tertiary alicyclic amines) is 1. The topological polar surface area (TPSA) is 70.8 Å². The zero-order valence-corrected chi connectivity index (χ0v) is 12.2. The van der Waals surface area contributed by atoms with Crippen LogP contribution in [0, 0.1) is 5.92 Å². The summed E-state index contributed by atoms with van der Waals surface area (Å²) in [6.07, 6.45) is 5.43. The minimum Gasteiger partial charge on any atom is -0.480 e. The summed E-state index contributed by atoms with van der Waals surface area (Å²) in [6, 6.07) is 2.80. The zero-order valence-electron chi connectivity index (χ0n) is 12.2. The van der Waals surface area contributed by atoms with Gasteiger partial charge in [-0.25, -0.2) is 4.79 Å². The largest absolute Gasteiger partial charge is 0.480 e. The average molecular weight is 291 g/mol. The second-order valence-corrected chi connectivity index (χ2v) is 6.03. The Balaban J connectivity index is 1.88. The molecule has 5 nitrogen and oxygen atoms in total. The van der Waals surface area contributed by atoms with Crippen molar-refractivity contribution in [2.45, 2.75) is 57.5 Å². The number of hydrogen-bond acceptors (Lipinski definition) is 3. The average Bonchev–Trinajstić information content (AvgIpc) is 3.11. The van der Waals surface area contributed by atoms with E-state index in [0.717, 1.165) is 37.9 Å². The number of carbonyl (C=O) groups excluding carboxylic acids is 1. The van der Waals surface area contributed by atoms with E-state index in [9.17, 15) is 14.7 Å². The standard InChI is InChI=1S/C16H21NO4/c1-2-11-7-8-14(21-11)15(18)17-12-6-4-3-5-10(12)9-13(17)16(19)20/h7-8,10,12-13H,2-6,9H2,1H3,(H,19,20). The van der Waals surface area contributed by atoms with E-state index in [4.69, 9.17) is 4.42 Å². The van der Waals surface area contributed by atoms with Gasteiger partial charge in [-0.3, -0.25) is 4.79 Å². The molecule has 0 spiro atoms. The first-order chi connectivity index (χ1) is 10.1. The molecule has 1 aromatic rings. The lowest BCUT2D eigenvalue weighted by molar-refractivity contribution is -0.141. The fourth-order valence-electron chi connectivity index (χ4n) is 3.78. The van der Waals surface area contributed by atoms with Crippen molar-refractivity contribution < 1.29 is 19.1 Å². The fourth-order valence-corrected chi connectivity index (χ4v) is 3.78. The van der Waals surface area contributed by atoms with Crippen LogP contribution in [0.3, 0.4) is 0 Å². The van der Waals surface area contributed by atoms with Crippen LogP contribution >= 0.6 is 0 Å². The molecule has 1 N–H and O–H groups in total. The number of fused-ring (bicyclic) bond motifs is 1. The Morgan fingerprint density at radius 3 is 2.76 bits per heavy atom. The highest BCUT2D eigenvalue weighted by atomic mass is 16.4. The summed E-state index contributed by atoms with van der Waals surface area (Å²) in [5.41, 5.74) is 0. The number of carbonyl (C=O) groups is 2. The highest BCUT2D eigenvalue weighted by molar-refractivity contribution is 5.95. The van der Waals surface area contributed by atoms with Crippen LogP contribution in [0.4, 0.5) is 0 Å². The number of hydrogen-bond donors (Lipinski definition) is 1. The summed E-state index contributed by atoms with van der Waals surface area (Å²) in [6.45, 7) is 1.96. The van der Waals surface area contributed by atoms with Gasteiger partial charge in [0.25, 0.3) is 5.91 Å². The van der Waals surface area contributed by atoms with Crippen LogP contribution in [0.2, 0.25) is 0 Å². The van der Waals surface area contributed by atoms with Gasteiger partial charge in [0, 0.05) is 12.5 Å². The van der Waals surface area contributed by atoms with Crippen molar-refractivity contribution in [1.82, 2.24) is 4.90 Å². The van der Waals surface area contributed by atoms with Crippen LogP contribution < -0.4 is 0 Å². The summed E-state index contributed by atoms with van der Waals surface area (Å²) in [5, 5.41) is 9.45. The maximum atomic E-state index is 12.7. The maximum Gasteiger partial charge on any atom is 0.326 e. The van der Waals surface area contributed by atoms with E-state index in [1.165, 1.54) is 0 Å². The van der Waals surface area contributed by atoms with Crippen LogP contribution in [-0.2, 0) is 11.2 Å². The molecule has 2 aliphatic rings. The predicted octanol–water partition coefficient (Wildman–Crippen LogP) is 2.70. The number of aryl methyl sites for hydroxylation is 1. The van der Waals surface area contributed by atoms with Gasteiger partial charge in [0.05, 0.1) is 0 Å². The first-order valence-corrected chi connectivity index (χ1v) is 7.76. The van der Waals surface area contributed by atoms with Crippen LogP contribution in [0.15, 0.2) is 16.5 Å². The van der Waals surface area contributed by atoms with Crippen LogP contribution in [-0.4, -0.2) is 34.0 Å². The number of rotatable bonds is 3. The smallest absolute Gasteiger partial charge is 0.326 e. The Labute approximate surface area is 123 Å². The van der Waals surface area contributed by atoms with Crippen LogP contribution in [0.25, 0.3) is 0 Å². The van der Waals surface area contributed by atoms with E-state index in [-0.39, 0.29) is 17.7 Å². The molecular weight excluding hydrogens is 270 g/mol. The normalized spacial score (nSPS) is 28.4. The number of amides is 1. The maximum absolute atomic E-state index is 12.7. The molecule has 21 heavy (non-hydrogen) atoms. The van der Waals surface area contributed by atoms with E-state index in [1.54, 1.807) is 17.0 Å². The fraction of sp³-hybridized carbons (Fsp3) is 0.625. The van der Waals surface area contributed by atoms with E-state index >= 15 is 0 Å². The van der Waals surface area contributed by atoms with Crippen molar-refractivity contribution in [1.29, 1.82) is 0 Å². The molecule has 1 aliphatic heterocycles. The highest BCUT2D eigenvalue weighted by Crippen LogP contribution is 2.40. The van der Waals surface area contributed by atoms with E-state index < -0.39 is 12.0 Å². The summed E-state index contributed by atoms with van der Waals surface area (Å²) in [5.74, 6) is 0.176. The van der Waals surface area contributed by atoms with Gasteiger partial charge in [0.2, 0.25) is 0 Å². The molecule has 1 aliphatic carbocycles. The molecule has 114 valence electrons. The van der Waals surface area contributed by atoms with Gasteiger partial charge in [-0.15, -0.1) is 0 Å².